The summed E-state index contributed by atoms with van der Waals surface area (Å²) in [6.45, 7) is 0.249. The molecule has 0 bridgehead atoms. The molecule has 0 fully saturated rings. The van der Waals surface area contributed by atoms with Crippen molar-refractivity contribution in [3.8, 4) is 11.6 Å². The van der Waals surface area contributed by atoms with E-state index in [0.29, 0.717) is 11.6 Å². The lowest BCUT2D eigenvalue weighted by molar-refractivity contribution is 0.0951. The predicted molar refractivity (Wildman–Crippen MR) is 81.7 cm³/mol. The van der Waals surface area contributed by atoms with Crippen LogP contribution < -0.4 is 11.1 Å². The van der Waals surface area contributed by atoms with Crippen molar-refractivity contribution in [1.82, 2.24) is 15.3 Å². The van der Waals surface area contributed by atoms with Gasteiger partial charge in [0.1, 0.15) is 11.6 Å². The summed E-state index contributed by atoms with van der Waals surface area (Å²) in [6.07, 6.45) is 2.85. The second-order valence-corrected chi connectivity index (χ2v) is 4.78. The zero-order valence-corrected chi connectivity index (χ0v) is 12.0. The highest BCUT2D eigenvalue weighted by Gasteiger charge is 2.14. The lowest BCUT2D eigenvalue weighted by Gasteiger charge is -2.07. The van der Waals surface area contributed by atoms with E-state index in [4.69, 9.17) is 10.2 Å². The van der Waals surface area contributed by atoms with E-state index in [1.165, 1.54) is 24.6 Å². The van der Waals surface area contributed by atoms with Gasteiger partial charge in [0.25, 0.3) is 5.91 Å². The topological polar surface area (TPSA) is 94.0 Å². The number of halogens is 1. The number of nitrogens with two attached hydrogens (primary N) is 1. The molecule has 1 amide bonds. The maximum Gasteiger partial charge on any atom is 0.256 e. The Labute approximate surface area is 131 Å². The lowest BCUT2D eigenvalue weighted by Crippen LogP contribution is -2.24. The first-order chi connectivity index (χ1) is 11.1. The molecule has 0 radical (unpaired) electrons. The molecule has 3 aromatic rings. The van der Waals surface area contributed by atoms with Crippen molar-refractivity contribution in [3.05, 3.63) is 65.8 Å². The van der Waals surface area contributed by atoms with Gasteiger partial charge in [0.2, 0.25) is 0 Å². The first kappa shape index (κ1) is 14.7. The fourth-order valence-corrected chi connectivity index (χ4v) is 1.97. The zero-order chi connectivity index (χ0) is 16.2. The van der Waals surface area contributed by atoms with Crippen molar-refractivity contribution >= 4 is 11.7 Å². The SMILES string of the molecule is Nc1nc(-c2ccco2)ncc1C(=O)NCc1ccc(F)cc1. The molecule has 0 aliphatic rings. The third-order valence-corrected chi connectivity index (χ3v) is 3.17. The summed E-state index contributed by atoms with van der Waals surface area (Å²) in [4.78, 5) is 20.3. The number of hydrogen-bond donors (Lipinski definition) is 2. The van der Waals surface area contributed by atoms with Gasteiger partial charge in [-0.25, -0.2) is 14.4 Å². The van der Waals surface area contributed by atoms with Crippen molar-refractivity contribution in [1.29, 1.82) is 0 Å². The fraction of sp³-hybridized carbons (Fsp3) is 0.0625. The van der Waals surface area contributed by atoms with E-state index < -0.39 is 5.91 Å². The van der Waals surface area contributed by atoms with E-state index in [2.05, 4.69) is 15.3 Å². The van der Waals surface area contributed by atoms with Gasteiger partial charge in [-0.05, 0) is 29.8 Å². The molecule has 0 spiro atoms. The molecule has 3 rings (SSSR count). The predicted octanol–water partition coefficient (Wildman–Crippen LogP) is 2.39. The average molecular weight is 312 g/mol. The molecule has 1 aromatic carbocycles. The number of benzene rings is 1. The Morgan fingerprint density at radius 2 is 2.04 bits per heavy atom. The van der Waals surface area contributed by atoms with Crippen LogP contribution in [0.25, 0.3) is 11.6 Å². The van der Waals surface area contributed by atoms with Gasteiger partial charge in [-0.3, -0.25) is 4.79 Å². The molecule has 23 heavy (non-hydrogen) atoms. The summed E-state index contributed by atoms with van der Waals surface area (Å²) in [7, 11) is 0. The number of rotatable bonds is 4. The maximum absolute atomic E-state index is 12.8. The number of carbonyl (C=O) groups excluding carboxylic acids is 1. The van der Waals surface area contributed by atoms with Crippen molar-refractivity contribution in [2.24, 2.45) is 0 Å². The summed E-state index contributed by atoms with van der Waals surface area (Å²) < 4.78 is 18.0. The molecule has 0 unspecified atom stereocenters. The van der Waals surface area contributed by atoms with Gasteiger partial charge in [0.15, 0.2) is 11.6 Å². The van der Waals surface area contributed by atoms with Crippen molar-refractivity contribution < 1.29 is 13.6 Å². The van der Waals surface area contributed by atoms with E-state index >= 15 is 0 Å². The monoisotopic (exact) mass is 312 g/mol. The quantitative estimate of drug-likeness (QED) is 0.771. The Bertz CT molecular complexity index is 817. The van der Waals surface area contributed by atoms with Crippen LogP contribution in [-0.2, 0) is 6.54 Å². The number of amides is 1. The molecule has 3 N–H and O–H groups in total. The van der Waals surface area contributed by atoms with E-state index in [1.807, 2.05) is 0 Å². The molecule has 2 aromatic heterocycles. The molecule has 2 heterocycles. The normalized spacial score (nSPS) is 10.5. The van der Waals surface area contributed by atoms with Crippen LogP contribution >= 0.6 is 0 Å². The molecule has 116 valence electrons. The van der Waals surface area contributed by atoms with Crippen LogP contribution in [0.15, 0.2) is 53.3 Å². The summed E-state index contributed by atoms with van der Waals surface area (Å²) in [6, 6.07) is 9.25. The van der Waals surface area contributed by atoms with Crippen LogP contribution in [0.2, 0.25) is 0 Å². The number of nitrogens with one attached hydrogen (secondary N) is 1. The van der Waals surface area contributed by atoms with Crippen LogP contribution in [0.4, 0.5) is 10.2 Å². The van der Waals surface area contributed by atoms with Gasteiger partial charge in [-0.2, -0.15) is 0 Å². The Morgan fingerprint density at radius 1 is 1.26 bits per heavy atom. The zero-order valence-electron chi connectivity index (χ0n) is 12.0. The fourth-order valence-electron chi connectivity index (χ4n) is 1.97. The molecule has 0 saturated heterocycles. The van der Waals surface area contributed by atoms with Crippen LogP contribution in [-0.4, -0.2) is 15.9 Å². The molecule has 0 aliphatic carbocycles. The van der Waals surface area contributed by atoms with Crippen molar-refractivity contribution in [2.45, 2.75) is 6.54 Å². The maximum atomic E-state index is 12.8. The van der Waals surface area contributed by atoms with Crippen LogP contribution in [0.5, 0.6) is 0 Å². The first-order valence-electron chi connectivity index (χ1n) is 6.82. The van der Waals surface area contributed by atoms with Gasteiger partial charge in [0.05, 0.1) is 11.8 Å². The summed E-state index contributed by atoms with van der Waals surface area (Å²) in [5, 5.41) is 2.68. The number of nitrogens with zero attached hydrogens (tertiary/aromatic N) is 2. The largest absolute Gasteiger partial charge is 0.461 e. The molecular formula is C16H13FN4O2. The Balaban J connectivity index is 1.71. The second kappa shape index (κ2) is 6.27. The minimum absolute atomic E-state index is 0.0583. The number of aromatic nitrogens is 2. The number of furan rings is 1. The van der Waals surface area contributed by atoms with Crippen LogP contribution in [0.1, 0.15) is 15.9 Å². The van der Waals surface area contributed by atoms with E-state index in [9.17, 15) is 9.18 Å². The smallest absolute Gasteiger partial charge is 0.256 e. The van der Waals surface area contributed by atoms with Gasteiger partial charge >= 0.3 is 0 Å². The summed E-state index contributed by atoms with van der Waals surface area (Å²) >= 11 is 0. The second-order valence-electron chi connectivity index (χ2n) is 4.78. The number of nitrogen functional groups attached to an aromatic ring is 1. The summed E-state index contributed by atoms with van der Waals surface area (Å²) in [5.74, 6) is 0.101. The highest BCUT2D eigenvalue weighted by molar-refractivity contribution is 5.98. The molecule has 7 heteroatoms. The first-order valence-corrected chi connectivity index (χ1v) is 6.82. The standard InChI is InChI=1S/C16H13FN4O2/c17-11-5-3-10(4-6-11)8-20-16(22)12-9-19-15(21-14(12)18)13-2-1-7-23-13/h1-7,9H,8H2,(H,20,22)(H2,18,19,21). The van der Waals surface area contributed by atoms with Crippen LogP contribution in [0.3, 0.4) is 0 Å². The third-order valence-electron chi connectivity index (χ3n) is 3.17. The highest BCUT2D eigenvalue weighted by Crippen LogP contribution is 2.17. The molecule has 6 nitrogen and oxygen atoms in total. The molecule has 0 saturated carbocycles. The van der Waals surface area contributed by atoms with Crippen molar-refractivity contribution in [3.63, 3.8) is 0 Å². The molecular weight excluding hydrogens is 299 g/mol. The molecule has 0 aliphatic heterocycles. The lowest BCUT2D eigenvalue weighted by atomic mass is 10.2. The Hall–Kier alpha value is -3.22. The minimum atomic E-state index is -0.405. The van der Waals surface area contributed by atoms with E-state index in [-0.39, 0.29) is 23.7 Å². The van der Waals surface area contributed by atoms with E-state index in [0.717, 1.165) is 5.56 Å². The number of hydrogen-bond acceptors (Lipinski definition) is 5. The van der Waals surface area contributed by atoms with Gasteiger partial charge in [-0.15, -0.1) is 0 Å². The molecule has 0 atom stereocenters. The van der Waals surface area contributed by atoms with Gasteiger partial charge in [-0.1, -0.05) is 12.1 Å². The Morgan fingerprint density at radius 3 is 2.70 bits per heavy atom. The van der Waals surface area contributed by atoms with E-state index in [1.54, 1.807) is 24.3 Å². The van der Waals surface area contributed by atoms with Gasteiger partial charge in [0, 0.05) is 12.7 Å². The third kappa shape index (κ3) is 3.34. The van der Waals surface area contributed by atoms with Crippen LogP contribution in [0, 0.1) is 5.82 Å². The summed E-state index contributed by atoms with van der Waals surface area (Å²) in [5.41, 5.74) is 6.75. The number of anilines is 1. The Kier molecular flexibility index (Phi) is 4.01. The highest BCUT2D eigenvalue weighted by atomic mass is 19.1. The van der Waals surface area contributed by atoms with Crippen molar-refractivity contribution in [2.75, 3.05) is 5.73 Å². The van der Waals surface area contributed by atoms with Gasteiger partial charge < -0.3 is 15.5 Å². The average Bonchev–Trinajstić information content (AvgIpc) is 3.08. The number of carbonyl (C=O) groups is 1. The minimum Gasteiger partial charge on any atom is -0.461 e.